The minimum absolute atomic E-state index is 0.0318. The van der Waals surface area contributed by atoms with Gasteiger partial charge in [-0.2, -0.15) is 0 Å². The highest BCUT2D eigenvalue weighted by Crippen LogP contribution is 2.21. The normalized spacial score (nSPS) is 35.3. The summed E-state index contributed by atoms with van der Waals surface area (Å²) < 4.78 is 10.8. The molecular weight excluding hydrogens is 284 g/mol. The van der Waals surface area contributed by atoms with Gasteiger partial charge in [0.1, 0.15) is 12.2 Å². The third-order valence-corrected chi connectivity index (χ3v) is 4.86. The van der Waals surface area contributed by atoms with E-state index in [1.807, 2.05) is 0 Å². The van der Waals surface area contributed by atoms with E-state index in [1.54, 1.807) is 0 Å². The Balaban J connectivity index is 1.36. The molecule has 3 rings (SSSR count). The Morgan fingerprint density at radius 3 is 1.41 bits per heavy atom. The molecule has 1 saturated carbocycles. The van der Waals surface area contributed by atoms with Crippen LogP contribution in [-0.2, 0) is 19.1 Å². The molecule has 2 amide bonds. The Hall–Kier alpha value is -1.14. The van der Waals surface area contributed by atoms with Crippen LogP contribution < -0.4 is 10.6 Å². The number of amides is 2. The number of rotatable bonds is 4. The van der Waals surface area contributed by atoms with Crippen molar-refractivity contribution in [1.82, 2.24) is 10.6 Å². The largest absolute Gasteiger partial charge is 0.368 e. The Morgan fingerprint density at radius 1 is 0.682 bits per heavy atom. The highest BCUT2D eigenvalue weighted by Gasteiger charge is 2.30. The van der Waals surface area contributed by atoms with E-state index in [0.717, 1.165) is 51.4 Å². The van der Waals surface area contributed by atoms with Gasteiger partial charge in [0, 0.05) is 25.3 Å². The first kappa shape index (κ1) is 15.7. The third kappa shape index (κ3) is 3.98. The molecule has 0 aromatic rings. The van der Waals surface area contributed by atoms with E-state index in [0.29, 0.717) is 13.2 Å². The molecule has 6 heteroatoms. The molecule has 1 aliphatic carbocycles. The van der Waals surface area contributed by atoms with Gasteiger partial charge in [-0.05, 0) is 51.4 Å². The molecule has 6 nitrogen and oxygen atoms in total. The smallest absolute Gasteiger partial charge is 0.249 e. The maximum Gasteiger partial charge on any atom is 0.249 e. The molecule has 2 N–H and O–H groups in total. The molecule has 3 aliphatic rings. The Kier molecular flexibility index (Phi) is 5.31. The van der Waals surface area contributed by atoms with E-state index in [4.69, 9.17) is 9.47 Å². The first-order valence-corrected chi connectivity index (χ1v) is 8.56. The molecule has 0 aromatic carbocycles. The molecule has 22 heavy (non-hydrogen) atoms. The van der Waals surface area contributed by atoms with E-state index in [9.17, 15) is 9.59 Å². The Morgan fingerprint density at radius 2 is 1.09 bits per heavy atom. The summed E-state index contributed by atoms with van der Waals surface area (Å²) in [6, 6.07) is 0.431. The molecule has 3 fully saturated rings. The van der Waals surface area contributed by atoms with Gasteiger partial charge in [-0.25, -0.2) is 0 Å². The zero-order chi connectivity index (χ0) is 15.4. The van der Waals surface area contributed by atoms with E-state index < -0.39 is 0 Å². The molecule has 2 heterocycles. The second-order valence-corrected chi connectivity index (χ2v) is 6.57. The number of carbonyl (C=O) groups excluding carboxylic acids is 2. The van der Waals surface area contributed by atoms with Gasteiger partial charge in [-0.15, -0.1) is 0 Å². The van der Waals surface area contributed by atoms with Crippen molar-refractivity contribution < 1.29 is 19.1 Å². The number of nitrogens with one attached hydrogen (secondary N) is 2. The SMILES string of the molecule is O=C(NC1CCC(NC(=O)[C@H]2CCCO2)CC1)[C@@H]1CCCO1. The molecule has 124 valence electrons. The summed E-state index contributed by atoms with van der Waals surface area (Å²) in [4.78, 5) is 24.0. The lowest BCUT2D eigenvalue weighted by Crippen LogP contribution is -2.47. The summed E-state index contributed by atoms with van der Waals surface area (Å²) >= 11 is 0. The van der Waals surface area contributed by atoms with Crippen LogP contribution in [0.1, 0.15) is 51.4 Å². The highest BCUT2D eigenvalue weighted by molar-refractivity contribution is 5.81. The fourth-order valence-electron chi connectivity index (χ4n) is 3.54. The standard InChI is InChI=1S/C16H26N2O4/c19-15(13-3-1-9-21-13)17-11-5-7-12(8-6-11)18-16(20)14-4-2-10-22-14/h11-14H,1-10H2,(H,17,19)(H,18,20)/t11?,12?,13-,14+. The van der Waals surface area contributed by atoms with Gasteiger partial charge in [0.2, 0.25) is 11.8 Å². The maximum absolute atomic E-state index is 12.0. The molecule has 2 atom stereocenters. The summed E-state index contributed by atoms with van der Waals surface area (Å²) in [7, 11) is 0. The van der Waals surface area contributed by atoms with Gasteiger partial charge < -0.3 is 20.1 Å². The van der Waals surface area contributed by atoms with E-state index >= 15 is 0 Å². The Labute approximate surface area is 131 Å². The van der Waals surface area contributed by atoms with Gasteiger partial charge in [0.25, 0.3) is 0 Å². The number of hydrogen-bond donors (Lipinski definition) is 2. The van der Waals surface area contributed by atoms with Crippen LogP contribution in [0.5, 0.6) is 0 Å². The molecular formula is C16H26N2O4. The molecule has 0 bridgehead atoms. The summed E-state index contributed by atoms with van der Waals surface area (Å²) in [6.45, 7) is 1.39. The number of carbonyl (C=O) groups is 2. The van der Waals surface area contributed by atoms with Crippen LogP contribution in [0.4, 0.5) is 0 Å². The zero-order valence-corrected chi connectivity index (χ0v) is 13.0. The summed E-state index contributed by atoms with van der Waals surface area (Å²) in [5.41, 5.74) is 0. The van der Waals surface area contributed by atoms with Gasteiger partial charge in [0.05, 0.1) is 0 Å². The fraction of sp³-hybridized carbons (Fsp3) is 0.875. The molecule has 0 radical (unpaired) electrons. The average molecular weight is 310 g/mol. The quantitative estimate of drug-likeness (QED) is 0.808. The van der Waals surface area contributed by atoms with Gasteiger partial charge in [-0.1, -0.05) is 0 Å². The second-order valence-electron chi connectivity index (χ2n) is 6.57. The van der Waals surface area contributed by atoms with Crippen molar-refractivity contribution in [3.63, 3.8) is 0 Å². The lowest BCUT2D eigenvalue weighted by molar-refractivity contribution is -0.132. The van der Waals surface area contributed by atoms with Gasteiger partial charge in [0.15, 0.2) is 0 Å². The number of hydrogen-bond acceptors (Lipinski definition) is 4. The first-order chi connectivity index (χ1) is 10.7. The first-order valence-electron chi connectivity index (χ1n) is 8.56. The van der Waals surface area contributed by atoms with Crippen LogP contribution in [-0.4, -0.2) is 49.3 Å². The van der Waals surface area contributed by atoms with Crippen LogP contribution in [0.2, 0.25) is 0 Å². The molecule has 2 saturated heterocycles. The van der Waals surface area contributed by atoms with Crippen LogP contribution in [0.3, 0.4) is 0 Å². The van der Waals surface area contributed by atoms with Crippen molar-refractivity contribution in [2.45, 2.75) is 75.7 Å². The minimum atomic E-state index is -0.253. The van der Waals surface area contributed by atoms with Crippen molar-refractivity contribution in [1.29, 1.82) is 0 Å². The topological polar surface area (TPSA) is 76.7 Å². The van der Waals surface area contributed by atoms with Crippen LogP contribution >= 0.6 is 0 Å². The van der Waals surface area contributed by atoms with Gasteiger partial charge in [-0.3, -0.25) is 9.59 Å². The van der Waals surface area contributed by atoms with Crippen molar-refractivity contribution >= 4 is 11.8 Å². The van der Waals surface area contributed by atoms with E-state index in [-0.39, 0.29) is 36.1 Å². The molecule has 0 spiro atoms. The Bertz CT molecular complexity index is 357. The van der Waals surface area contributed by atoms with Crippen molar-refractivity contribution in [2.24, 2.45) is 0 Å². The zero-order valence-electron chi connectivity index (χ0n) is 13.0. The van der Waals surface area contributed by atoms with Crippen LogP contribution in [0.15, 0.2) is 0 Å². The molecule has 2 aliphatic heterocycles. The predicted molar refractivity (Wildman–Crippen MR) is 80.3 cm³/mol. The van der Waals surface area contributed by atoms with Crippen LogP contribution in [0.25, 0.3) is 0 Å². The number of ether oxygens (including phenoxy) is 2. The van der Waals surface area contributed by atoms with E-state index in [1.165, 1.54) is 0 Å². The monoisotopic (exact) mass is 310 g/mol. The summed E-state index contributed by atoms with van der Waals surface area (Å²) in [6.07, 6.45) is 6.75. The third-order valence-electron chi connectivity index (χ3n) is 4.86. The average Bonchev–Trinajstić information content (AvgIpc) is 3.23. The minimum Gasteiger partial charge on any atom is -0.368 e. The van der Waals surface area contributed by atoms with Crippen molar-refractivity contribution in [2.75, 3.05) is 13.2 Å². The highest BCUT2D eigenvalue weighted by atomic mass is 16.5. The summed E-state index contributed by atoms with van der Waals surface area (Å²) in [5, 5.41) is 6.18. The molecule has 0 aromatic heterocycles. The summed E-state index contributed by atoms with van der Waals surface area (Å²) in [5.74, 6) is 0.0636. The van der Waals surface area contributed by atoms with E-state index in [2.05, 4.69) is 10.6 Å². The fourth-order valence-corrected chi connectivity index (χ4v) is 3.54. The van der Waals surface area contributed by atoms with Crippen LogP contribution in [0, 0.1) is 0 Å². The molecule has 0 unspecified atom stereocenters. The van der Waals surface area contributed by atoms with Crippen molar-refractivity contribution in [3.05, 3.63) is 0 Å². The van der Waals surface area contributed by atoms with Gasteiger partial charge >= 0.3 is 0 Å². The maximum atomic E-state index is 12.0. The van der Waals surface area contributed by atoms with Crippen molar-refractivity contribution in [3.8, 4) is 0 Å². The lowest BCUT2D eigenvalue weighted by Gasteiger charge is -2.30. The lowest BCUT2D eigenvalue weighted by atomic mass is 9.90. The second kappa shape index (κ2) is 7.42. The predicted octanol–water partition coefficient (Wildman–Crippen LogP) is 0.888.